The number of aromatic nitrogens is 3. The molecule has 4 aromatic rings. The van der Waals surface area contributed by atoms with Gasteiger partial charge < -0.3 is 14.8 Å². The molecule has 0 atom stereocenters. The Bertz CT molecular complexity index is 1380. The van der Waals surface area contributed by atoms with Gasteiger partial charge >= 0.3 is 5.97 Å². The lowest BCUT2D eigenvalue weighted by Gasteiger charge is -2.08. The van der Waals surface area contributed by atoms with E-state index in [4.69, 9.17) is 9.47 Å². The summed E-state index contributed by atoms with van der Waals surface area (Å²) in [7, 11) is 0. The lowest BCUT2D eigenvalue weighted by atomic mass is 10.2. The maximum Gasteiger partial charge on any atom is 0.338 e. The maximum absolute atomic E-state index is 12.3. The van der Waals surface area contributed by atoms with Gasteiger partial charge in [-0.05, 0) is 55.0 Å². The third-order valence-corrected chi connectivity index (χ3v) is 5.30. The van der Waals surface area contributed by atoms with Gasteiger partial charge in [-0.25, -0.2) is 9.78 Å². The summed E-state index contributed by atoms with van der Waals surface area (Å²) in [6.45, 7) is 1.83. The zero-order valence-electron chi connectivity index (χ0n) is 17.0. The number of rotatable bonds is 7. The van der Waals surface area contributed by atoms with Gasteiger partial charge in [0.2, 0.25) is 4.96 Å². The van der Waals surface area contributed by atoms with Gasteiger partial charge in [0.15, 0.2) is 6.61 Å². The molecule has 0 aliphatic carbocycles. The van der Waals surface area contributed by atoms with Crippen molar-refractivity contribution in [2.45, 2.75) is 6.92 Å². The molecule has 4 rings (SSSR count). The zero-order valence-corrected chi connectivity index (χ0v) is 17.8. The first-order chi connectivity index (χ1) is 15.5. The largest absolute Gasteiger partial charge is 0.484 e. The summed E-state index contributed by atoms with van der Waals surface area (Å²) in [5.74, 6) is -0.281. The summed E-state index contributed by atoms with van der Waals surface area (Å²) < 4.78 is 12.3. The molecule has 0 saturated heterocycles. The topological polar surface area (TPSA) is 112 Å². The highest BCUT2D eigenvalue weighted by atomic mass is 32.1. The van der Waals surface area contributed by atoms with Crippen molar-refractivity contribution in [2.24, 2.45) is 0 Å². The Kier molecular flexibility index (Phi) is 6.22. The van der Waals surface area contributed by atoms with Crippen molar-refractivity contribution in [3.63, 3.8) is 0 Å². The van der Waals surface area contributed by atoms with Crippen LogP contribution in [0, 0.1) is 0 Å². The molecule has 0 spiro atoms. The molecule has 0 unspecified atom stereocenters. The highest BCUT2D eigenvalue weighted by molar-refractivity contribution is 7.15. The van der Waals surface area contributed by atoms with Crippen LogP contribution in [0.15, 0.2) is 59.7 Å². The van der Waals surface area contributed by atoms with Gasteiger partial charge in [0.05, 0.1) is 16.7 Å². The molecule has 1 amide bonds. The van der Waals surface area contributed by atoms with Gasteiger partial charge in [0.25, 0.3) is 11.5 Å². The molecule has 1 N–H and O–H groups in total. The first-order valence-electron chi connectivity index (χ1n) is 9.67. The summed E-state index contributed by atoms with van der Waals surface area (Å²) >= 11 is 1.24. The minimum atomic E-state index is -0.414. The number of carbonyl (C=O) groups excluding carboxylic acids is 2. The maximum atomic E-state index is 12.3. The number of esters is 1. The highest BCUT2D eigenvalue weighted by Crippen LogP contribution is 2.15. The number of amides is 1. The SMILES string of the molecule is CCOC(=O)c1ccc(NC(=O)COc2cccc(/C=c3\sc4ncnn4c3=O)c2)cc1. The van der Waals surface area contributed by atoms with Crippen LogP contribution in [0.2, 0.25) is 0 Å². The van der Waals surface area contributed by atoms with Crippen LogP contribution in [0.1, 0.15) is 22.8 Å². The van der Waals surface area contributed by atoms with E-state index in [1.54, 1.807) is 55.5 Å². The number of hydrogen-bond donors (Lipinski definition) is 1. The second-order valence-corrected chi connectivity index (χ2v) is 7.59. The van der Waals surface area contributed by atoms with E-state index < -0.39 is 5.97 Å². The van der Waals surface area contributed by atoms with E-state index in [1.807, 2.05) is 6.07 Å². The van der Waals surface area contributed by atoms with Crippen LogP contribution in [-0.2, 0) is 9.53 Å². The average Bonchev–Trinajstić information content (AvgIpc) is 3.36. The minimum Gasteiger partial charge on any atom is -0.484 e. The van der Waals surface area contributed by atoms with E-state index >= 15 is 0 Å². The third kappa shape index (κ3) is 4.81. The van der Waals surface area contributed by atoms with Crippen LogP contribution < -0.4 is 20.1 Å². The Morgan fingerprint density at radius 2 is 2.00 bits per heavy atom. The predicted molar refractivity (Wildman–Crippen MR) is 119 cm³/mol. The van der Waals surface area contributed by atoms with Gasteiger partial charge in [-0.15, -0.1) is 0 Å². The molecular formula is C22H18N4O5S. The average molecular weight is 450 g/mol. The molecule has 0 fully saturated rings. The monoisotopic (exact) mass is 450 g/mol. The Labute approximate surface area is 185 Å². The molecule has 2 aromatic carbocycles. The van der Waals surface area contributed by atoms with Crippen molar-refractivity contribution in [1.82, 2.24) is 14.6 Å². The summed E-state index contributed by atoms with van der Waals surface area (Å²) in [5.41, 5.74) is 1.46. The number of nitrogens with one attached hydrogen (secondary N) is 1. The van der Waals surface area contributed by atoms with Gasteiger partial charge in [0.1, 0.15) is 12.1 Å². The Balaban J connectivity index is 1.38. The van der Waals surface area contributed by atoms with Crippen molar-refractivity contribution >= 4 is 39.9 Å². The van der Waals surface area contributed by atoms with Crippen LogP contribution in [0.5, 0.6) is 5.75 Å². The fourth-order valence-corrected chi connectivity index (χ4v) is 3.75. The van der Waals surface area contributed by atoms with E-state index in [0.29, 0.717) is 33.1 Å². The second-order valence-electron chi connectivity index (χ2n) is 6.58. The Hall–Kier alpha value is -4.05. The molecule has 0 aliphatic heterocycles. The van der Waals surface area contributed by atoms with Crippen LogP contribution in [-0.4, -0.2) is 39.7 Å². The number of fused-ring (bicyclic) bond motifs is 1. The standard InChI is InChI=1S/C22H18N4O5S/c1-2-30-21(29)15-6-8-16(9-7-15)25-19(27)12-31-17-5-3-4-14(10-17)11-18-20(28)26-22(32-18)23-13-24-26/h3-11,13H,2,12H2,1H3,(H,25,27)/b18-11-. The highest BCUT2D eigenvalue weighted by Gasteiger charge is 2.09. The Morgan fingerprint density at radius 3 is 2.75 bits per heavy atom. The van der Waals surface area contributed by atoms with E-state index in [0.717, 1.165) is 5.56 Å². The second kappa shape index (κ2) is 9.40. The fourth-order valence-electron chi connectivity index (χ4n) is 2.87. The van der Waals surface area contributed by atoms with Crippen molar-refractivity contribution in [3.8, 4) is 5.75 Å². The molecule has 32 heavy (non-hydrogen) atoms. The third-order valence-electron chi connectivity index (χ3n) is 4.33. The number of nitrogens with zero attached hydrogens (tertiary/aromatic N) is 3. The van der Waals surface area contributed by atoms with E-state index in [1.165, 1.54) is 22.2 Å². The molecule has 0 bridgehead atoms. The number of thiazole rings is 1. The predicted octanol–water partition coefficient (Wildman–Crippen LogP) is 1.89. The first kappa shape index (κ1) is 21.2. The van der Waals surface area contributed by atoms with Gasteiger partial charge in [-0.3, -0.25) is 9.59 Å². The number of anilines is 1. The number of ether oxygens (including phenoxy) is 2. The molecule has 2 heterocycles. The van der Waals surface area contributed by atoms with Crippen LogP contribution >= 0.6 is 11.3 Å². The normalized spacial score (nSPS) is 11.5. The van der Waals surface area contributed by atoms with Crippen molar-refractivity contribution < 1.29 is 19.1 Å². The van der Waals surface area contributed by atoms with Gasteiger partial charge in [-0.2, -0.15) is 9.61 Å². The fraction of sp³-hybridized carbons (Fsp3) is 0.136. The number of hydrogen-bond acceptors (Lipinski definition) is 8. The molecule has 0 saturated carbocycles. The first-order valence-corrected chi connectivity index (χ1v) is 10.5. The van der Waals surface area contributed by atoms with E-state index in [-0.39, 0.29) is 18.1 Å². The number of carbonyl (C=O) groups is 2. The molecule has 10 heteroatoms. The molecule has 0 aliphatic rings. The van der Waals surface area contributed by atoms with Crippen molar-refractivity contribution in [2.75, 3.05) is 18.5 Å². The van der Waals surface area contributed by atoms with Crippen LogP contribution in [0.25, 0.3) is 11.0 Å². The molecule has 162 valence electrons. The quantitative estimate of drug-likeness (QED) is 0.428. The molecule has 9 nitrogen and oxygen atoms in total. The zero-order chi connectivity index (χ0) is 22.5. The van der Waals surface area contributed by atoms with Crippen molar-refractivity contribution in [1.29, 1.82) is 0 Å². The lowest BCUT2D eigenvalue weighted by Crippen LogP contribution is -2.23. The van der Waals surface area contributed by atoms with Crippen molar-refractivity contribution in [3.05, 3.63) is 80.9 Å². The lowest BCUT2D eigenvalue weighted by molar-refractivity contribution is -0.118. The van der Waals surface area contributed by atoms with Gasteiger partial charge in [-0.1, -0.05) is 23.5 Å². The summed E-state index contributed by atoms with van der Waals surface area (Å²) in [6.07, 6.45) is 3.06. The molecular weight excluding hydrogens is 432 g/mol. The van der Waals surface area contributed by atoms with Crippen LogP contribution in [0.4, 0.5) is 5.69 Å². The summed E-state index contributed by atoms with van der Waals surface area (Å²) in [6, 6.07) is 13.4. The van der Waals surface area contributed by atoms with E-state index in [2.05, 4.69) is 15.4 Å². The van der Waals surface area contributed by atoms with E-state index in [9.17, 15) is 14.4 Å². The minimum absolute atomic E-state index is 0.202. The summed E-state index contributed by atoms with van der Waals surface area (Å²) in [4.78, 5) is 40.7. The summed E-state index contributed by atoms with van der Waals surface area (Å²) in [5, 5.41) is 6.60. The van der Waals surface area contributed by atoms with Crippen LogP contribution in [0.3, 0.4) is 0 Å². The Morgan fingerprint density at radius 1 is 1.19 bits per heavy atom. The molecule has 0 radical (unpaired) electrons. The molecule has 2 aromatic heterocycles. The van der Waals surface area contributed by atoms with Gasteiger partial charge in [0, 0.05) is 5.69 Å². The smallest absolute Gasteiger partial charge is 0.338 e. The number of benzene rings is 2.